The highest BCUT2D eigenvalue weighted by Crippen LogP contribution is 2.34. The van der Waals surface area contributed by atoms with Gasteiger partial charge in [-0.1, -0.05) is 20.8 Å². The van der Waals surface area contributed by atoms with E-state index in [1.165, 1.54) is 0 Å². The van der Waals surface area contributed by atoms with Gasteiger partial charge in [-0.2, -0.15) is 0 Å². The second-order valence-electron chi connectivity index (χ2n) is 12.4. The molecule has 1 saturated carbocycles. The van der Waals surface area contributed by atoms with Gasteiger partial charge in [0.25, 0.3) is 0 Å². The number of aliphatic hydroxyl groups is 3. The third kappa shape index (κ3) is 9.01. The van der Waals surface area contributed by atoms with Gasteiger partial charge in [0.05, 0.1) is 24.0 Å². The lowest BCUT2D eigenvalue weighted by molar-refractivity contribution is -0.299. The number of carbonyl (C=O) groups is 1. The molecule has 5 N–H and O–H groups in total. The molecule has 0 spiro atoms. The van der Waals surface area contributed by atoms with Crippen molar-refractivity contribution in [1.29, 1.82) is 0 Å². The van der Waals surface area contributed by atoms with E-state index in [1.807, 2.05) is 26.8 Å². The molecule has 3 aliphatic rings. The van der Waals surface area contributed by atoms with E-state index in [9.17, 15) is 20.1 Å². The summed E-state index contributed by atoms with van der Waals surface area (Å²) in [6.45, 7) is 13.6. The average molecular weight is 559 g/mol. The fourth-order valence-electron chi connectivity index (χ4n) is 5.23. The summed E-state index contributed by atoms with van der Waals surface area (Å²) in [6.07, 6.45) is -1.47. The predicted molar refractivity (Wildman–Crippen MR) is 144 cm³/mol. The summed E-state index contributed by atoms with van der Waals surface area (Å²) in [7, 11) is 0. The van der Waals surface area contributed by atoms with Crippen LogP contribution >= 0.6 is 0 Å². The lowest BCUT2D eigenvalue weighted by Crippen LogP contribution is -2.67. The van der Waals surface area contributed by atoms with Crippen LogP contribution < -0.4 is 10.6 Å². The molecule has 3 rings (SSSR count). The fourth-order valence-corrected chi connectivity index (χ4v) is 5.23. The molecule has 2 aliphatic heterocycles. The summed E-state index contributed by atoms with van der Waals surface area (Å²) >= 11 is 0. The second-order valence-corrected chi connectivity index (χ2v) is 12.4. The Morgan fingerprint density at radius 1 is 1.15 bits per heavy atom. The normalized spacial score (nSPS) is 39.4. The molecule has 0 bridgehead atoms. The summed E-state index contributed by atoms with van der Waals surface area (Å²) in [5.41, 5.74) is -1.87. The van der Waals surface area contributed by atoms with E-state index in [1.54, 1.807) is 27.7 Å². The molecule has 226 valence electrons. The molecule has 39 heavy (non-hydrogen) atoms. The van der Waals surface area contributed by atoms with E-state index >= 15 is 0 Å². The zero-order valence-corrected chi connectivity index (χ0v) is 24.5. The Bertz CT molecular complexity index is 830. The van der Waals surface area contributed by atoms with Crippen LogP contribution in [0.25, 0.3) is 0 Å². The number of hydrogen-bond donors (Lipinski definition) is 5. The van der Waals surface area contributed by atoms with Crippen molar-refractivity contribution in [2.75, 3.05) is 13.2 Å². The number of aliphatic hydroxyl groups excluding tert-OH is 2. The Hall–Kier alpha value is -1.47. The lowest BCUT2D eigenvalue weighted by atomic mass is 9.83. The van der Waals surface area contributed by atoms with E-state index in [-0.39, 0.29) is 18.9 Å². The van der Waals surface area contributed by atoms with Crippen molar-refractivity contribution in [1.82, 2.24) is 10.6 Å². The standard InChI is InChI=1S/C28H50N2O9/c1-8-12-29-18-13-19(30-26(33)39-27(4,5)6)23(37-24-16(3)10-11-17(9-2)36-24)21(32)22(18)38-25-20(31)14-28(7,34)15-35-25/h11,16,18-25,29,31-32,34H,8-10,12-15H2,1-7H3,(H,30,33). The van der Waals surface area contributed by atoms with Gasteiger partial charge in [0, 0.05) is 24.8 Å². The average Bonchev–Trinajstić information content (AvgIpc) is 2.82. The van der Waals surface area contributed by atoms with E-state index in [2.05, 4.69) is 10.6 Å². The van der Waals surface area contributed by atoms with Crippen molar-refractivity contribution in [3.05, 3.63) is 11.8 Å². The van der Waals surface area contributed by atoms with Crippen LogP contribution in [0.5, 0.6) is 0 Å². The fraction of sp³-hybridized carbons (Fsp3) is 0.893. The van der Waals surface area contributed by atoms with Gasteiger partial charge in [0.1, 0.15) is 30.0 Å². The van der Waals surface area contributed by atoms with Crippen molar-refractivity contribution in [3.8, 4) is 0 Å². The van der Waals surface area contributed by atoms with Crippen molar-refractivity contribution < 1.29 is 43.8 Å². The highest BCUT2D eigenvalue weighted by atomic mass is 16.7. The second kappa shape index (κ2) is 13.5. The van der Waals surface area contributed by atoms with Crippen LogP contribution in [-0.4, -0.2) is 94.8 Å². The van der Waals surface area contributed by atoms with Crippen molar-refractivity contribution in [2.24, 2.45) is 5.92 Å². The third-order valence-electron chi connectivity index (χ3n) is 7.23. The molecule has 2 heterocycles. The van der Waals surface area contributed by atoms with Gasteiger partial charge in [-0.25, -0.2) is 4.79 Å². The Kier molecular flexibility index (Phi) is 11.1. The van der Waals surface area contributed by atoms with Crippen molar-refractivity contribution >= 4 is 6.09 Å². The highest BCUT2D eigenvalue weighted by molar-refractivity contribution is 5.68. The number of carbonyl (C=O) groups excluding carboxylic acids is 1. The third-order valence-corrected chi connectivity index (χ3v) is 7.23. The van der Waals surface area contributed by atoms with Crippen molar-refractivity contribution in [2.45, 2.75) is 141 Å². The van der Waals surface area contributed by atoms with Gasteiger partial charge < -0.3 is 49.6 Å². The van der Waals surface area contributed by atoms with Crippen molar-refractivity contribution in [3.63, 3.8) is 0 Å². The maximum atomic E-state index is 12.8. The van der Waals surface area contributed by atoms with Crippen LogP contribution in [0, 0.1) is 5.92 Å². The van der Waals surface area contributed by atoms with Gasteiger partial charge in [-0.3, -0.25) is 0 Å². The number of allylic oxidation sites excluding steroid dienone is 2. The summed E-state index contributed by atoms with van der Waals surface area (Å²) in [5.74, 6) is 0.844. The van der Waals surface area contributed by atoms with Gasteiger partial charge >= 0.3 is 6.09 Å². The monoisotopic (exact) mass is 558 g/mol. The van der Waals surface area contributed by atoms with Crippen LogP contribution in [0.15, 0.2) is 11.8 Å². The number of ether oxygens (including phenoxy) is 5. The molecular formula is C28H50N2O9. The van der Waals surface area contributed by atoms with E-state index in [4.69, 9.17) is 23.7 Å². The first-order valence-electron chi connectivity index (χ1n) is 14.3. The van der Waals surface area contributed by atoms with Gasteiger partial charge in [-0.05, 0) is 59.6 Å². The number of amides is 1. The van der Waals surface area contributed by atoms with E-state index in [0.29, 0.717) is 13.0 Å². The highest BCUT2D eigenvalue weighted by Gasteiger charge is 2.50. The minimum absolute atomic E-state index is 0.00704. The van der Waals surface area contributed by atoms with Crippen LogP contribution in [0.3, 0.4) is 0 Å². The molecule has 11 nitrogen and oxygen atoms in total. The molecule has 0 aromatic rings. The van der Waals surface area contributed by atoms with Gasteiger partial charge in [-0.15, -0.1) is 0 Å². The molecule has 1 saturated heterocycles. The Labute approximate surface area is 232 Å². The topological polar surface area (TPSA) is 148 Å². The summed E-state index contributed by atoms with van der Waals surface area (Å²) < 4.78 is 29.9. The van der Waals surface area contributed by atoms with E-state index in [0.717, 1.165) is 25.0 Å². The maximum Gasteiger partial charge on any atom is 0.407 e. The Morgan fingerprint density at radius 2 is 1.82 bits per heavy atom. The number of rotatable bonds is 9. The molecule has 1 amide bonds. The van der Waals surface area contributed by atoms with Gasteiger partial charge in [0.15, 0.2) is 6.29 Å². The largest absolute Gasteiger partial charge is 0.469 e. The molecule has 10 atom stereocenters. The molecule has 10 unspecified atom stereocenters. The minimum atomic E-state index is -1.21. The molecule has 2 fully saturated rings. The van der Waals surface area contributed by atoms with E-state index < -0.39 is 66.4 Å². The van der Waals surface area contributed by atoms with Crippen LogP contribution in [0.1, 0.15) is 80.6 Å². The maximum absolute atomic E-state index is 12.8. The van der Waals surface area contributed by atoms with Crippen LogP contribution in [-0.2, 0) is 23.7 Å². The summed E-state index contributed by atoms with van der Waals surface area (Å²) in [4.78, 5) is 12.8. The molecule has 1 aliphatic carbocycles. The number of alkyl carbamates (subject to hydrolysis) is 1. The zero-order chi connectivity index (χ0) is 29.0. The summed E-state index contributed by atoms with van der Waals surface area (Å²) in [6, 6.07) is -1.01. The molecule has 0 aromatic heterocycles. The Morgan fingerprint density at radius 3 is 2.44 bits per heavy atom. The predicted octanol–water partition coefficient (Wildman–Crippen LogP) is 2.32. The van der Waals surface area contributed by atoms with Crippen LogP contribution in [0.2, 0.25) is 0 Å². The Balaban J connectivity index is 1.86. The summed E-state index contributed by atoms with van der Waals surface area (Å²) in [5, 5.41) is 39.0. The molecule has 0 radical (unpaired) electrons. The molecular weight excluding hydrogens is 508 g/mol. The quantitative estimate of drug-likeness (QED) is 0.286. The smallest absolute Gasteiger partial charge is 0.407 e. The van der Waals surface area contributed by atoms with Crippen LogP contribution in [0.4, 0.5) is 4.79 Å². The molecule has 11 heteroatoms. The first-order valence-corrected chi connectivity index (χ1v) is 14.3. The molecule has 0 aromatic carbocycles. The number of nitrogens with one attached hydrogen (secondary N) is 2. The minimum Gasteiger partial charge on any atom is -0.469 e. The van der Waals surface area contributed by atoms with Gasteiger partial charge in [0.2, 0.25) is 6.29 Å². The first-order chi connectivity index (χ1) is 18.2. The SMILES string of the molecule is CCCNC1CC(NC(=O)OC(C)(C)C)C(OC2OC(CC)=CCC2C)C(O)C1OC1OCC(C)(O)CC1O. The number of hydrogen-bond acceptors (Lipinski definition) is 10. The first kappa shape index (κ1) is 32.0. The zero-order valence-electron chi connectivity index (χ0n) is 24.5. The lowest BCUT2D eigenvalue weighted by Gasteiger charge is -2.48.